The number of hydrogen-bond acceptors (Lipinski definition) is 4. The van der Waals surface area contributed by atoms with Crippen LogP contribution < -0.4 is 9.80 Å². The van der Waals surface area contributed by atoms with E-state index in [1.807, 2.05) is 42.2 Å². The third-order valence-electron chi connectivity index (χ3n) is 7.47. The number of anilines is 2. The molecule has 0 N–H and O–H groups in total. The van der Waals surface area contributed by atoms with Crippen LogP contribution in [0.15, 0.2) is 72.9 Å². The van der Waals surface area contributed by atoms with Gasteiger partial charge in [0.2, 0.25) is 0 Å². The van der Waals surface area contributed by atoms with Crippen LogP contribution in [-0.4, -0.2) is 46.5 Å². The summed E-state index contributed by atoms with van der Waals surface area (Å²) in [4.78, 5) is 36.3. The molecule has 2 aliphatic rings. The number of pyridine rings is 1. The van der Waals surface area contributed by atoms with E-state index in [0.29, 0.717) is 18.0 Å². The Hall–Kier alpha value is -4.09. The molecule has 0 saturated carbocycles. The molecular formula is C28H24F6N4O2. The van der Waals surface area contributed by atoms with Crippen molar-refractivity contribution in [2.45, 2.75) is 43.8 Å². The minimum atomic E-state index is -5.07. The quantitative estimate of drug-likeness (QED) is 0.368. The molecule has 1 atom stereocenters. The Morgan fingerprint density at radius 3 is 1.98 bits per heavy atom. The van der Waals surface area contributed by atoms with Gasteiger partial charge in [-0.05, 0) is 62.2 Å². The van der Waals surface area contributed by atoms with Crippen LogP contribution >= 0.6 is 0 Å². The van der Waals surface area contributed by atoms with E-state index in [2.05, 4.69) is 4.98 Å². The van der Waals surface area contributed by atoms with Crippen LogP contribution in [0.3, 0.4) is 0 Å². The Bertz CT molecular complexity index is 1370. The Kier molecular flexibility index (Phi) is 6.75. The van der Waals surface area contributed by atoms with Gasteiger partial charge in [0.1, 0.15) is 17.5 Å². The summed E-state index contributed by atoms with van der Waals surface area (Å²) < 4.78 is 80.1. The van der Waals surface area contributed by atoms with Crippen LogP contribution in [0.2, 0.25) is 0 Å². The number of amides is 2. The number of piperidine rings is 1. The largest absolute Gasteiger partial charge is 0.416 e. The molecule has 2 aromatic carbocycles. The van der Waals surface area contributed by atoms with Crippen molar-refractivity contribution < 1.29 is 35.9 Å². The minimum absolute atomic E-state index is 0.00942. The third-order valence-corrected chi connectivity index (χ3v) is 7.47. The van der Waals surface area contributed by atoms with E-state index < -0.39 is 46.7 Å². The molecule has 5 rings (SSSR count). The molecule has 2 fully saturated rings. The lowest BCUT2D eigenvalue weighted by Gasteiger charge is -2.44. The monoisotopic (exact) mass is 562 g/mol. The topological polar surface area (TPSA) is 56.8 Å². The van der Waals surface area contributed by atoms with Gasteiger partial charge in [-0.25, -0.2) is 4.98 Å². The molecular weight excluding hydrogens is 538 g/mol. The van der Waals surface area contributed by atoms with E-state index in [1.165, 1.54) is 4.90 Å². The highest BCUT2D eigenvalue weighted by atomic mass is 19.4. The van der Waals surface area contributed by atoms with E-state index in [-0.39, 0.29) is 37.9 Å². The molecule has 2 aliphatic heterocycles. The molecule has 1 aromatic heterocycles. The summed E-state index contributed by atoms with van der Waals surface area (Å²) in [6, 6.07) is 15.2. The zero-order chi connectivity index (χ0) is 28.9. The predicted molar refractivity (Wildman–Crippen MR) is 134 cm³/mol. The molecule has 12 heteroatoms. The number of rotatable bonds is 3. The molecule has 0 bridgehead atoms. The first-order chi connectivity index (χ1) is 18.8. The normalized spacial score (nSPS) is 19.4. The number of benzene rings is 2. The Morgan fingerprint density at radius 2 is 1.45 bits per heavy atom. The van der Waals surface area contributed by atoms with Crippen LogP contribution in [0.25, 0.3) is 0 Å². The van der Waals surface area contributed by atoms with E-state index in [0.717, 1.165) is 5.69 Å². The summed E-state index contributed by atoms with van der Waals surface area (Å²) in [5, 5.41) is 0. The Balaban J connectivity index is 1.47. The first-order valence-electron chi connectivity index (χ1n) is 12.5. The third kappa shape index (κ3) is 4.75. The number of alkyl halides is 6. The summed E-state index contributed by atoms with van der Waals surface area (Å²) in [7, 11) is 0. The van der Waals surface area contributed by atoms with E-state index >= 15 is 0 Å². The van der Waals surface area contributed by atoms with Crippen LogP contribution in [0.1, 0.15) is 41.3 Å². The van der Waals surface area contributed by atoms with Gasteiger partial charge in [0.25, 0.3) is 11.8 Å². The van der Waals surface area contributed by atoms with Gasteiger partial charge >= 0.3 is 12.4 Å². The zero-order valence-corrected chi connectivity index (χ0v) is 21.2. The molecule has 6 nitrogen and oxygen atoms in total. The average Bonchev–Trinajstić information content (AvgIpc) is 3.13. The van der Waals surface area contributed by atoms with E-state index in [4.69, 9.17) is 0 Å². The van der Waals surface area contributed by atoms with Crippen LogP contribution in [-0.2, 0) is 17.1 Å². The smallest absolute Gasteiger partial charge is 0.338 e. The number of nitrogens with zero attached hydrogens (tertiary/aromatic N) is 4. The highest BCUT2D eigenvalue weighted by molar-refractivity contribution is 6.06. The molecule has 40 heavy (non-hydrogen) atoms. The standard InChI is InChI=1S/C28H24F6N4O2/c1-18-37(23-9-5-6-12-35-23)25(40)26(38(18)22-7-3-2-4-8-22)10-13-36(14-11-26)24(39)19-15-20(27(29,30)31)17-21(16-19)28(32,33)34/h2-9,12,15-18H,10-11,13-14H2,1H3. The molecule has 1 spiro atoms. The number of aromatic nitrogens is 1. The highest BCUT2D eigenvalue weighted by Gasteiger charge is 2.58. The number of likely N-dealkylation sites (tertiary alicyclic amines) is 1. The fraction of sp³-hybridized carbons (Fsp3) is 0.321. The fourth-order valence-electron chi connectivity index (χ4n) is 5.61. The molecule has 3 aromatic rings. The first kappa shape index (κ1) is 27.5. The summed E-state index contributed by atoms with van der Waals surface area (Å²) in [5.74, 6) is -0.758. The van der Waals surface area contributed by atoms with E-state index in [1.54, 1.807) is 29.3 Å². The maximum atomic E-state index is 14.0. The zero-order valence-electron chi connectivity index (χ0n) is 21.2. The molecule has 210 valence electrons. The maximum Gasteiger partial charge on any atom is 0.416 e. The summed E-state index contributed by atoms with van der Waals surface area (Å²) in [6.07, 6.45) is -8.79. The molecule has 3 heterocycles. The van der Waals surface area contributed by atoms with Crippen LogP contribution in [0, 0.1) is 0 Å². The lowest BCUT2D eigenvalue weighted by atomic mass is 9.85. The first-order valence-corrected chi connectivity index (χ1v) is 12.5. The maximum absolute atomic E-state index is 14.0. The molecule has 0 radical (unpaired) electrons. The lowest BCUT2D eigenvalue weighted by molar-refractivity contribution is -0.143. The van der Waals surface area contributed by atoms with Gasteiger partial charge in [0.05, 0.1) is 11.1 Å². The fourth-order valence-corrected chi connectivity index (χ4v) is 5.61. The Labute approximate surface area is 225 Å². The van der Waals surface area contributed by atoms with Gasteiger partial charge in [-0.15, -0.1) is 0 Å². The van der Waals surface area contributed by atoms with Crippen molar-refractivity contribution in [2.75, 3.05) is 22.9 Å². The molecule has 2 amide bonds. The van der Waals surface area contributed by atoms with Gasteiger partial charge in [0, 0.05) is 30.5 Å². The second-order valence-electron chi connectivity index (χ2n) is 9.82. The van der Waals surface area contributed by atoms with Gasteiger partial charge < -0.3 is 9.80 Å². The van der Waals surface area contributed by atoms with Crippen molar-refractivity contribution in [1.29, 1.82) is 0 Å². The minimum Gasteiger partial charge on any atom is -0.338 e. The number of carbonyl (C=O) groups excluding carboxylic acids is 2. The average molecular weight is 563 g/mol. The summed E-state index contributed by atoms with van der Waals surface area (Å²) in [6.45, 7) is 1.76. The molecule has 1 unspecified atom stereocenters. The van der Waals surface area contributed by atoms with Crippen LogP contribution in [0.5, 0.6) is 0 Å². The van der Waals surface area contributed by atoms with Crippen LogP contribution in [0.4, 0.5) is 37.8 Å². The number of carbonyl (C=O) groups is 2. The van der Waals surface area contributed by atoms with Crippen molar-refractivity contribution in [3.05, 3.63) is 89.6 Å². The van der Waals surface area contributed by atoms with Gasteiger partial charge in [-0.2, -0.15) is 26.3 Å². The SMILES string of the molecule is CC1N(c2ccccn2)C(=O)C2(CCN(C(=O)c3cc(C(F)(F)F)cc(C(F)(F)F)c3)CC2)N1c1ccccc1. The van der Waals surface area contributed by atoms with Crippen molar-refractivity contribution in [2.24, 2.45) is 0 Å². The molecule has 2 saturated heterocycles. The predicted octanol–water partition coefficient (Wildman–Crippen LogP) is 5.99. The highest BCUT2D eigenvalue weighted by Crippen LogP contribution is 2.44. The molecule has 0 aliphatic carbocycles. The van der Waals surface area contributed by atoms with Gasteiger partial charge in [-0.1, -0.05) is 24.3 Å². The number of para-hydroxylation sites is 1. The van der Waals surface area contributed by atoms with Crippen molar-refractivity contribution >= 4 is 23.3 Å². The summed E-state index contributed by atoms with van der Waals surface area (Å²) >= 11 is 0. The summed E-state index contributed by atoms with van der Waals surface area (Å²) in [5.41, 5.74) is -4.16. The second-order valence-corrected chi connectivity index (χ2v) is 9.82. The van der Waals surface area contributed by atoms with E-state index in [9.17, 15) is 35.9 Å². The van der Waals surface area contributed by atoms with Crippen molar-refractivity contribution in [1.82, 2.24) is 9.88 Å². The number of halogens is 6. The van der Waals surface area contributed by atoms with Crippen molar-refractivity contribution in [3.8, 4) is 0 Å². The van der Waals surface area contributed by atoms with Gasteiger partial charge in [-0.3, -0.25) is 14.5 Å². The number of hydrogen-bond donors (Lipinski definition) is 0. The Morgan fingerprint density at radius 1 is 0.875 bits per heavy atom. The van der Waals surface area contributed by atoms with Crippen molar-refractivity contribution in [3.63, 3.8) is 0 Å². The van der Waals surface area contributed by atoms with Gasteiger partial charge in [0.15, 0.2) is 0 Å². The second kappa shape index (κ2) is 9.83. The lowest BCUT2D eigenvalue weighted by Crippen LogP contribution is -2.58.